The van der Waals surface area contributed by atoms with Gasteiger partial charge in [-0.15, -0.1) is 0 Å². The van der Waals surface area contributed by atoms with Gasteiger partial charge in [0.1, 0.15) is 5.82 Å². The summed E-state index contributed by atoms with van der Waals surface area (Å²) in [6, 6.07) is 9.36. The van der Waals surface area contributed by atoms with E-state index in [9.17, 15) is 27.2 Å². The number of esters is 2. The van der Waals surface area contributed by atoms with Gasteiger partial charge in [-0.25, -0.2) is 22.4 Å². The Balaban J connectivity index is 2.14. The minimum Gasteiger partial charge on any atom is -0.465 e. The van der Waals surface area contributed by atoms with Crippen LogP contribution in [-0.4, -0.2) is 53.3 Å². The summed E-state index contributed by atoms with van der Waals surface area (Å²) in [7, 11) is -1.42. The Labute approximate surface area is 185 Å². The standard InChI is InChI=1S/C21H23FN2O7S/c1-30-20(26)14-10-11-15(21(27)31-2)17(13-14)23-19(25)9-6-12-24(32(3,28)29)18-8-5-4-7-16(18)22/h4-5,7-8,10-11,13H,6,9,12H2,1-3H3,(H,23,25). The Morgan fingerprint density at radius 1 is 1.03 bits per heavy atom. The quantitative estimate of drug-likeness (QED) is 0.564. The second-order valence-corrected chi connectivity index (χ2v) is 8.59. The smallest absolute Gasteiger partial charge is 0.339 e. The van der Waals surface area contributed by atoms with Crippen LogP contribution < -0.4 is 9.62 Å². The zero-order valence-corrected chi connectivity index (χ0v) is 18.6. The molecule has 1 amide bonds. The molecule has 0 atom stereocenters. The van der Waals surface area contributed by atoms with Crippen LogP contribution in [0.15, 0.2) is 42.5 Å². The number of para-hydroxylation sites is 1. The maximum atomic E-state index is 14.1. The van der Waals surface area contributed by atoms with E-state index in [2.05, 4.69) is 14.8 Å². The van der Waals surface area contributed by atoms with Crippen molar-refractivity contribution in [1.82, 2.24) is 0 Å². The van der Waals surface area contributed by atoms with Crippen LogP contribution in [0.25, 0.3) is 0 Å². The molecule has 0 aliphatic carbocycles. The third kappa shape index (κ3) is 6.27. The molecule has 0 aliphatic heterocycles. The molecule has 1 N–H and O–H groups in total. The molecule has 0 aliphatic rings. The van der Waals surface area contributed by atoms with Crippen molar-refractivity contribution in [2.24, 2.45) is 0 Å². The molecule has 0 spiro atoms. The van der Waals surface area contributed by atoms with Crippen LogP contribution >= 0.6 is 0 Å². The molecule has 2 aromatic rings. The van der Waals surface area contributed by atoms with Crippen LogP contribution in [0.1, 0.15) is 33.6 Å². The molecule has 11 heteroatoms. The number of hydrogen-bond donors (Lipinski definition) is 1. The van der Waals surface area contributed by atoms with Crippen molar-refractivity contribution in [2.75, 3.05) is 36.6 Å². The van der Waals surface area contributed by atoms with E-state index < -0.39 is 33.7 Å². The van der Waals surface area contributed by atoms with Crippen molar-refractivity contribution in [3.8, 4) is 0 Å². The highest BCUT2D eigenvalue weighted by atomic mass is 32.2. The number of ether oxygens (including phenoxy) is 2. The lowest BCUT2D eigenvalue weighted by atomic mass is 10.1. The fraction of sp³-hybridized carbons (Fsp3) is 0.286. The predicted octanol–water partition coefficient (Wildman–Crippen LogP) is 2.58. The molecule has 0 bridgehead atoms. The molecule has 2 rings (SSSR count). The molecular formula is C21H23FN2O7S. The first-order chi connectivity index (χ1) is 15.1. The fourth-order valence-corrected chi connectivity index (χ4v) is 3.86. The van der Waals surface area contributed by atoms with Crippen LogP contribution in [0.3, 0.4) is 0 Å². The van der Waals surface area contributed by atoms with Crippen LogP contribution in [-0.2, 0) is 24.3 Å². The molecule has 0 fully saturated rings. The minimum absolute atomic E-state index is 0.0256. The van der Waals surface area contributed by atoms with Gasteiger partial charge in [-0.1, -0.05) is 12.1 Å². The molecule has 0 radical (unpaired) electrons. The number of sulfonamides is 1. The maximum Gasteiger partial charge on any atom is 0.339 e. The van der Waals surface area contributed by atoms with E-state index >= 15 is 0 Å². The number of anilines is 2. The van der Waals surface area contributed by atoms with Gasteiger partial charge in [0, 0.05) is 13.0 Å². The molecule has 9 nitrogen and oxygen atoms in total. The van der Waals surface area contributed by atoms with E-state index in [0.29, 0.717) is 0 Å². The van der Waals surface area contributed by atoms with Crippen molar-refractivity contribution in [2.45, 2.75) is 12.8 Å². The van der Waals surface area contributed by atoms with Crippen molar-refractivity contribution in [3.63, 3.8) is 0 Å². The molecular weight excluding hydrogens is 443 g/mol. The van der Waals surface area contributed by atoms with Crippen molar-refractivity contribution < 1.29 is 36.7 Å². The zero-order chi connectivity index (χ0) is 23.9. The average molecular weight is 466 g/mol. The summed E-state index contributed by atoms with van der Waals surface area (Å²) in [6.07, 6.45) is 0.876. The van der Waals surface area contributed by atoms with Gasteiger partial charge < -0.3 is 14.8 Å². The van der Waals surface area contributed by atoms with Gasteiger partial charge >= 0.3 is 11.9 Å². The Bertz CT molecular complexity index is 1120. The summed E-state index contributed by atoms with van der Waals surface area (Å²) in [6.45, 7) is -0.140. The second-order valence-electron chi connectivity index (χ2n) is 6.68. The summed E-state index contributed by atoms with van der Waals surface area (Å²) in [5.41, 5.74) is 0.0591. The first-order valence-corrected chi connectivity index (χ1v) is 11.3. The number of benzene rings is 2. The highest BCUT2D eigenvalue weighted by Crippen LogP contribution is 2.23. The van der Waals surface area contributed by atoms with E-state index in [4.69, 9.17) is 0 Å². The highest BCUT2D eigenvalue weighted by molar-refractivity contribution is 7.92. The predicted molar refractivity (Wildman–Crippen MR) is 116 cm³/mol. The number of amides is 1. The zero-order valence-electron chi connectivity index (χ0n) is 17.8. The summed E-state index contributed by atoms with van der Waals surface area (Å²) in [5, 5.41) is 2.52. The largest absolute Gasteiger partial charge is 0.465 e. The summed E-state index contributed by atoms with van der Waals surface area (Å²) in [4.78, 5) is 36.2. The molecule has 0 saturated carbocycles. The average Bonchev–Trinajstić information content (AvgIpc) is 2.75. The first kappa shape index (κ1) is 24.8. The molecule has 0 heterocycles. The van der Waals surface area contributed by atoms with Crippen LogP contribution in [0, 0.1) is 5.82 Å². The molecule has 0 aromatic heterocycles. The molecule has 32 heavy (non-hydrogen) atoms. The van der Waals surface area contributed by atoms with Crippen LogP contribution in [0.4, 0.5) is 15.8 Å². The van der Waals surface area contributed by atoms with Crippen molar-refractivity contribution in [1.29, 1.82) is 0 Å². The highest BCUT2D eigenvalue weighted by Gasteiger charge is 2.21. The van der Waals surface area contributed by atoms with Crippen LogP contribution in [0.2, 0.25) is 0 Å². The van der Waals surface area contributed by atoms with E-state index in [1.165, 1.54) is 50.6 Å². The topological polar surface area (TPSA) is 119 Å². The van der Waals surface area contributed by atoms with Gasteiger partial charge in [-0.2, -0.15) is 0 Å². The van der Waals surface area contributed by atoms with Gasteiger partial charge in [0.15, 0.2) is 0 Å². The minimum atomic E-state index is -3.79. The van der Waals surface area contributed by atoms with E-state index in [0.717, 1.165) is 16.6 Å². The van der Waals surface area contributed by atoms with E-state index in [1.54, 1.807) is 0 Å². The third-order valence-corrected chi connectivity index (χ3v) is 5.59. The Kier molecular flexibility index (Phi) is 8.30. The lowest BCUT2D eigenvalue weighted by Crippen LogP contribution is -2.32. The lowest BCUT2D eigenvalue weighted by Gasteiger charge is -2.22. The lowest BCUT2D eigenvalue weighted by molar-refractivity contribution is -0.116. The number of hydrogen-bond acceptors (Lipinski definition) is 7. The van der Waals surface area contributed by atoms with E-state index in [-0.39, 0.29) is 41.9 Å². The fourth-order valence-electron chi connectivity index (χ4n) is 2.90. The SMILES string of the molecule is COC(=O)c1ccc(C(=O)OC)c(NC(=O)CCCN(c2ccccc2F)S(C)(=O)=O)c1. The molecule has 172 valence electrons. The van der Waals surface area contributed by atoms with Crippen molar-refractivity contribution >= 4 is 39.2 Å². The van der Waals surface area contributed by atoms with E-state index in [1.807, 2.05) is 0 Å². The van der Waals surface area contributed by atoms with Gasteiger partial charge in [0.25, 0.3) is 0 Å². The Hall–Kier alpha value is -3.47. The molecule has 0 saturated heterocycles. The number of nitrogens with zero attached hydrogens (tertiary/aromatic N) is 1. The summed E-state index contributed by atoms with van der Waals surface area (Å²) in [5.74, 6) is -2.63. The van der Waals surface area contributed by atoms with Crippen molar-refractivity contribution in [3.05, 3.63) is 59.4 Å². The molecule has 2 aromatic carbocycles. The number of methoxy groups -OCH3 is 2. The third-order valence-electron chi connectivity index (χ3n) is 4.41. The number of nitrogens with one attached hydrogen (secondary N) is 1. The summed E-state index contributed by atoms with van der Waals surface area (Å²) >= 11 is 0. The second kappa shape index (κ2) is 10.7. The first-order valence-electron chi connectivity index (χ1n) is 9.41. The number of halogens is 1. The number of carbonyl (C=O) groups excluding carboxylic acids is 3. The van der Waals surface area contributed by atoms with Gasteiger partial charge in [0.05, 0.1) is 43.0 Å². The van der Waals surface area contributed by atoms with Gasteiger partial charge in [-0.05, 0) is 36.8 Å². The normalized spacial score (nSPS) is 10.9. The molecule has 0 unspecified atom stereocenters. The Morgan fingerprint density at radius 2 is 1.69 bits per heavy atom. The van der Waals surface area contributed by atoms with Gasteiger partial charge in [0.2, 0.25) is 15.9 Å². The monoisotopic (exact) mass is 466 g/mol. The Morgan fingerprint density at radius 3 is 2.28 bits per heavy atom. The number of rotatable bonds is 9. The number of carbonyl (C=O) groups is 3. The summed E-state index contributed by atoms with van der Waals surface area (Å²) < 4.78 is 48.5. The maximum absolute atomic E-state index is 14.1. The van der Waals surface area contributed by atoms with Crippen LogP contribution in [0.5, 0.6) is 0 Å². The van der Waals surface area contributed by atoms with Gasteiger partial charge in [-0.3, -0.25) is 9.10 Å².